The maximum atomic E-state index is 14.0. The summed E-state index contributed by atoms with van der Waals surface area (Å²) in [6, 6.07) is 15.2. The molecule has 0 bridgehead atoms. The predicted molar refractivity (Wildman–Crippen MR) is 445 cm³/mol. The first kappa shape index (κ1) is 101. The van der Waals surface area contributed by atoms with Gasteiger partial charge in [-0.2, -0.15) is 0 Å². The summed E-state index contributed by atoms with van der Waals surface area (Å²) in [6.07, 6.45) is 5.51. The van der Waals surface area contributed by atoms with Gasteiger partial charge < -0.3 is 101 Å². The second-order valence-corrected chi connectivity index (χ2v) is 30.3. The zero-order valence-corrected chi connectivity index (χ0v) is 71.4. The molecule has 654 valence electrons. The highest BCUT2D eigenvalue weighted by Gasteiger charge is 2.31. The number of halogens is 4. The molecule has 2 aromatic carbocycles. The summed E-state index contributed by atoms with van der Waals surface area (Å²) in [5, 5.41) is 23.8. The number of hydrogen-bond acceptors (Lipinski definition) is 26. The smallest absolute Gasteiger partial charge is 0.416 e. The standard InChI is InChI=1S/C80H116Cl4N14O20/c1-79(2,3)117-77(107)97(67-17-9-13-23-89-67)29-15-11-19-71(101)93-65(75(105)95-63(51-73(103)109-7)55-43-57(81)47-58(82)44-55)49-61(85)53-87-25-31-111-35-39-115-41-37-113-33-27-91-69(99)21-22-70(100)92-28-34-114-38-42-116-40-36-112-32-26-88-54-62(86)50-66(76(106)96-64(52-74(104)110-8)56-45-59(83)48-60(84)46-56)94-72(102)20-12-16-30-98(68-18-10-14-24-90-68)78(108)118-80(4,5)6/h9-10,13-14,17-18,23-24,43-48,53-54,63-66,87-88H,11-12,15-16,19-22,25-42,49-52,85-86H2,1-8H3,(H,91,99)(H,92,100)(H,93,101)(H,94,102)(H,95,105)(H,96,106)/b61-53-,62-54-/t63?,64?,65-,66-/m0/s1. The van der Waals surface area contributed by atoms with Crippen molar-refractivity contribution in [1.82, 2.24) is 52.5 Å². The number of nitrogens with one attached hydrogen (secondary N) is 8. The molecule has 0 saturated carbocycles. The van der Waals surface area contributed by atoms with E-state index in [0.717, 1.165) is 0 Å². The van der Waals surface area contributed by atoms with Crippen molar-refractivity contribution in [1.29, 1.82) is 0 Å². The Kier molecular flexibility index (Phi) is 48.7. The van der Waals surface area contributed by atoms with Gasteiger partial charge in [0.15, 0.2) is 0 Å². The molecule has 4 rings (SSSR count). The van der Waals surface area contributed by atoms with Crippen molar-refractivity contribution in [3.63, 3.8) is 0 Å². The first-order valence-corrected chi connectivity index (χ1v) is 40.3. The van der Waals surface area contributed by atoms with Crippen molar-refractivity contribution in [2.75, 3.05) is 143 Å². The van der Waals surface area contributed by atoms with E-state index in [-0.39, 0.29) is 200 Å². The third-order valence-corrected chi connectivity index (χ3v) is 17.2. The molecule has 4 atom stereocenters. The van der Waals surface area contributed by atoms with Crippen LogP contribution in [-0.2, 0) is 85.7 Å². The molecule has 2 unspecified atom stereocenters. The molecule has 4 aromatic rings. The van der Waals surface area contributed by atoms with Gasteiger partial charge in [0.2, 0.25) is 35.4 Å². The van der Waals surface area contributed by atoms with Crippen LogP contribution in [0.2, 0.25) is 20.1 Å². The van der Waals surface area contributed by atoms with Gasteiger partial charge in [0.1, 0.15) is 34.9 Å². The SMILES string of the molecule is COC(=O)CC(NC(=O)[C@H](C/C(N)=C/NCCOCCOCCOCCNC(=O)CCC(=O)NCCOCCOCCOCCN/C=C(\N)C[C@H](NC(=O)CCCCN(C(=O)OC(C)(C)C)c1ccccn1)C(=O)NC(CC(=O)OC)c1cc(Cl)cc(Cl)c1)NC(=O)CCCCN(C(=O)OC(C)(C)C)c1ccccn1)c1cc(Cl)cc(Cl)c1. The van der Waals surface area contributed by atoms with Crippen LogP contribution in [0.1, 0.15) is 142 Å². The van der Waals surface area contributed by atoms with Crippen LogP contribution in [0.4, 0.5) is 21.2 Å². The Hall–Kier alpha value is -9.36. The average molecular weight is 1740 g/mol. The number of carbonyl (C=O) groups is 10. The first-order valence-electron chi connectivity index (χ1n) is 38.8. The maximum absolute atomic E-state index is 14.0. The summed E-state index contributed by atoms with van der Waals surface area (Å²) in [4.78, 5) is 142. The third kappa shape index (κ3) is 45.5. The molecular weight excluding hydrogens is 1620 g/mol. The van der Waals surface area contributed by atoms with Gasteiger partial charge in [-0.3, -0.25) is 48.2 Å². The Morgan fingerprint density at radius 1 is 0.424 bits per heavy atom. The van der Waals surface area contributed by atoms with E-state index in [4.69, 9.17) is 105 Å². The largest absolute Gasteiger partial charge is 0.469 e. The van der Waals surface area contributed by atoms with Crippen LogP contribution in [0.3, 0.4) is 0 Å². The summed E-state index contributed by atoms with van der Waals surface area (Å²) in [5.74, 6) is -3.33. The monoisotopic (exact) mass is 1730 g/mol. The number of carbonyl (C=O) groups excluding carboxylic acids is 10. The lowest BCUT2D eigenvalue weighted by Gasteiger charge is -2.27. The topological polar surface area (TPSA) is 444 Å². The van der Waals surface area contributed by atoms with Gasteiger partial charge in [-0.1, -0.05) is 58.5 Å². The summed E-state index contributed by atoms with van der Waals surface area (Å²) >= 11 is 25.1. The van der Waals surface area contributed by atoms with Crippen LogP contribution in [0, 0.1) is 0 Å². The van der Waals surface area contributed by atoms with Gasteiger partial charge >= 0.3 is 24.1 Å². The van der Waals surface area contributed by atoms with E-state index in [0.29, 0.717) is 61.5 Å². The summed E-state index contributed by atoms with van der Waals surface area (Å²) in [7, 11) is 2.43. The van der Waals surface area contributed by atoms with Crippen molar-refractivity contribution in [2.24, 2.45) is 11.5 Å². The highest BCUT2D eigenvalue weighted by Crippen LogP contribution is 2.29. The van der Waals surface area contributed by atoms with Gasteiger partial charge in [-0.15, -0.1) is 0 Å². The summed E-state index contributed by atoms with van der Waals surface area (Å²) in [5.41, 5.74) is 12.6. The Bertz CT molecular complexity index is 3530. The van der Waals surface area contributed by atoms with E-state index in [1.54, 1.807) is 115 Å². The Morgan fingerprint density at radius 2 is 0.754 bits per heavy atom. The number of rotatable bonds is 57. The highest BCUT2D eigenvalue weighted by molar-refractivity contribution is 6.35. The zero-order valence-electron chi connectivity index (χ0n) is 68.4. The normalized spacial score (nSPS) is 12.6. The van der Waals surface area contributed by atoms with E-state index < -0.39 is 83.1 Å². The molecule has 0 fully saturated rings. The Labute approximate surface area is 709 Å². The fraction of sp³-hybridized carbons (Fsp3) is 0.550. The molecular formula is C80H116Cl4N14O20. The van der Waals surface area contributed by atoms with Gasteiger partial charge in [-0.25, -0.2) is 19.6 Å². The lowest BCUT2D eigenvalue weighted by atomic mass is 10.0. The van der Waals surface area contributed by atoms with E-state index in [1.165, 1.54) is 48.6 Å². The predicted octanol–water partition coefficient (Wildman–Crippen LogP) is 8.10. The van der Waals surface area contributed by atoms with E-state index >= 15 is 0 Å². The number of pyridine rings is 2. The van der Waals surface area contributed by atoms with E-state index in [1.807, 2.05) is 0 Å². The molecule has 8 amide bonds. The lowest BCUT2D eigenvalue weighted by Crippen LogP contribution is -2.48. The van der Waals surface area contributed by atoms with Crippen molar-refractivity contribution in [3.05, 3.63) is 140 Å². The number of nitrogens with two attached hydrogens (primary N) is 2. The van der Waals surface area contributed by atoms with Gasteiger partial charge in [0.05, 0.1) is 118 Å². The minimum absolute atomic E-state index is 0.0118. The van der Waals surface area contributed by atoms with E-state index in [2.05, 4.69) is 52.5 Å². The fourth-order valence-corrected chi connectivity index (χ4v) is 11.8. The molecule has 38 heteroatoms. The number of anilines is 2. The molecule has 2 heterocycles. The number of nitrogens with zero attached hydrogens (tertiary/aromatic N) is 4. The maximum Gasteiger partial charge on any atom is 0.416 e. The van der Waals surface area contributed by atoms with Crippen LogP contribution in [-0.4, -0.2) is 226 Å². The highest BCUT2D eigenvalue weighted by atomic mass is 35.5. The molecule has 0 aliphatic carbocycles. The molecule has 0 spiro atoms. The van der Waals surface area contributed by atoms with Gasteiger partial charge in [-0.05, 0) is 139 Å². The fourth-order valence-electron chi connectivity index (χ4n) is 10.7. The summed E-state index contributed by atoms with van der Waals surface area (Å²) < 4.78 is 54.5. The molecule has 0 saturated heterocycles. The second-order valence-electron chi connectivity index (χ2n) is 28.5. The molecule has 0 aliphatic heterocycles. The van der Waals surface area contributed by atoms with Gasteiger partial charge in [0.25, 0.3) is 0 Å². The Balaban J connectivity index is 1.05. The van der Waals surface area contributed by atoms with Crippen molar-refractivity contribution in [3.8, 4) is 0 Å². The number of amides is 8. The van der Waals surface area contributed by atoms with Gasteiger partial charge in [0, 0.05) is 134 Å². The number of methoxy groups -OCH3 is 2. The number of hydrogen-bond donors (Lipinski definition) is 10. The second kappa shape index (κ2) is 56.9. The number of aromatic nitrogens is 2. The number of esters is 2. The van der Waals surface area contributed by atoms with Crippen molar-refractivity contribution >= 4 is 118 Å². The minimum atomic E-state index is -1.20. The Morgan fingerprint density at radius 3 is 1.07 bits per heavy atom. The molecule has 12 N–H and O–H groups in total. The van der Waals surface area contributed by atoms with Crippen LogP contribution in [0.5, 0.6) is 0 Å². The third-order valence-electron chi connectivity index (χ3n) is 16.3. The van der Waals surface area contributed by atoms with Crippen molar-refractivity contribution in [2.45, 2.75) is 154 Å². The van der Waals surface area contributed by atoms with E-state index in [9.17, 15) is 47.9 Å². The molecule has 2 aromatic heterocycles. The number of unbranched alkanes of at least 4 members (excludes halogenated alkanes) is 2. The number of benzene rings is 2. The molecule has 34 nitrogen and oxygen atoms in total. The molecule has 0 aliphatic rings. The van der Waals surface area contributed by atoms with Crippen LogP contribution in [0.25, 0.3) is 0 Å². The number of ether oxygens (including phenoxy) is 10. The zero-order chi connectivity index (χ0) is 86.7. The van der Waals surface area contributed by atoms with Crippen LogP contribution in [0.15, 0.2) is 109 Å². The van der Waals surface area contributed by atoms with Crippen LogP contribution >= 0.6 is 46.4 Å². The quantitative estimate of drug-likeness (QED) is 0.0113. The minimum Gasteiger partial charge on any atom is -0.469 e. The first-order chi connectivity index (χ1) is 56.3. The molecule has 118 heavy (non-hydrogen) atoms. The lowest BCUT2D eigenvalue weighted by molar-refractivity contribution is -0.142. The van der Waals surface area contributed by atoms with Crippen molar-refractivity contribution < 1.29 is 95.3 Å². The summed E-state index contributed by atoms with van der Waals surface area (Å²) in [6.45, 7) is 15.2. The average Bonchev–Trinajstić information content (AvgIpc) is 0.526. The van der Waals surface area contributed by atoms with Crippen LogP contribution < -0.4 is 63.8 Å². The molecule has 0 radical (unpaired) electrons.